The summed E-state index contributed by atoms with van der Waals surface area (Å²) in [6, 6.07) is 5.45. The maximum absolute atomic E-state index is 11.7. The highest BCUT2D eigenvalue weighted by atomic mass is 79.9. The Hall–Kier alpha value is -0.100. The summed E-state index contributed by atoms with van der Waals surface area (Å²) in [6.45, 7) is 0. The van der Waals surface area contributed by atoms with E-state index in [0.29, 0.717) is 11.4 Å². The van der Waals surface area contributed by atoms with Gasteiger partial charge in [-0.1, -0.05) is 40.0 Å². The summed E-state index contributed by atoms with van der Waals surface area (Å²) in [5, 5.41) is 0.370. The molecule has 3 unspecified atom stereocenters. The Labute approximate surface area is 133 Å². The van der Waals surface area contributed by atoms with E-state index in [1.807, 2.05) is 18.2 Å². The van der Waals surface area contributed by atoms with E-state index in [0.717, 1.165) is 29.3 Å². The van der Waals surface area contributed by atoms with Gasteiger partial charge in [-0.05, 0) is 42.9 Å². The Balaban J connectivity index is 2.18. The van der Waals surface area contributed by atoms with E-state index in [9.17, 15) is 8.42 Å². The van der Waals surface area contributed by atoms with Crippen molar-refractivity contribution in [2.75, 3.05) is 6.26 Å². The van der Waals surface area contributed by atoms with Crippen LogP contribution in [0, 0.1) is 5.92 Å². The highest BCUT2D eigenvalue weighted by molar-refractivity contribution is 9.10. The molecule has 1 aliphatic rings. The first-order valence-electron chi connectivity index (χ1n) is 6.68. The number of rotatable bonds is 3. The minimum atomic E-state index is -2.99. The first kappa shape index (κ1) is 16.3. The number of halogens is 2. The van der Waals surface area contributed by atoms with Crippen LogP contribution in [0.25, 0.3) is 0 Å². The molecule has 3 nitrogen and oxygen atoms in total. The molecule has 1 aromatic carbocycles. The average Bonchev–Trinajstić information content (AvgIpc) is 2.37. The van der Waals surface area contributed by atoms with Crippen molar-refractivity contribution in [1.82, 2.24) is 0 Å². The molecule has 6 heteroatoms. The number of hydrogen-bond acceptors (Lipinski definition) is 3. The van der Waals surface area contributed by atoms with Gasteiger partial charge in [0.1, 0.15) is 9.84 Å². The molecule has 0 radical (unpaired) electrons. The number of hydrogen-bond donors (Lipinski definition) is 1. The average molecular weight is 381 g/mol. The summed E-state index contributed by atoms with van der Waals surface area (Å²) in [5.41, 5.74) is 7.23. The standard InChI is InChI=1S/C14H19BrClNO2S/c1-20(18,19)11-4-2-3-9(7-11)14(17)12-6-5-10(15)8-13(12)16/h5-6,8-9,11,14H,2-4,7,17H2,1H3. The minimum absolute atomic E-state index is 0.169. The molecule has 2 N–H and O–H groups in total. The summed E-state index contributed by atoms with van der Waals surface area (Å²) in [6.07, 6.45) is 4.56. The monoisotopic (exact) mass is 379 g/mol. The lowest BCUT2D eigenvalue weighted by atomic mass is 9.81. The van der Waals surface area contributed by atoms with Gasteiger partial charge in [-0.25, -0.2) is 8.42 Å². The molecule has 0 bridgehead atoms. The Morgan fingerprint density at radius 1 is 1.40 bits per heavy atom. The van der Waals surface area contributed by atoms with Crippen LogP contribution in [-0.4, -0.2) is 19.9 Å². The largest absolute Gasteiger partial charge is 0.324 e. The number of benzene rings is 1. The van der Waals surface area contributed by atoms with Crippen molar-refractivity contribution in [1.29, 1.82) is 0 Å². The molecule has 0 amide bonds. The zero-order valence-corrected chi connectivity index (χ0v) is 14.5. The van der Waals surface area contributed by atoms with Gasteiger partial charge in [-0.3, -0.25) is 0 Å². The second-order valence-corrected chi connectivity index (χ2v) is 9.22. The van der Waals surface area contributed by atoms with E-state index in [4.69, 9.17) is 17.3 Å². The third kappa shape index (κ3) is 3.75. The van der Waals surface area contributed by atoms with Crippen LogP contribution in [0.15, 0.2) is 22.7 Å². The van der Waals surface area contributed by atoms with Crippen molar-refractivity contribution in [3.8, 4) is 0 Å². The van der Waals surface area contributed by atoms with Crippen LogP contribution in [0.4, 0.5) is 0 Å². The first-order chi connectivity index (χ1) is 9.29. The van der Waals surface area contributed by atoms with Crippen LogP contribution in [0.1, 0.15) is 37.3 Å². The van der Waals surface area contributed by atoms with Crippen LogP contribution in [0.3, 0.4) is 0 Å². The zero-order valence-electron chi connectivity index (χ0n) is 11.4. The third-order valence-electron chi connectivity index (χ3n) is 4.10. The van der Waals surface area contributed by atoms with Crippen molar-refractivity contribution in [2.24, 2.45) is 11.7 Å². The molecular weight excluding hydrogens is 362 g/mol. The van der Waals surface area contributed by atoms with E-state index >= 15 is 0 Å². The molecule has 2 rings (SSSR count). The Morgan fingerprint density at radius 3 is 2.70 bits per heavy atom. The van der Waals surface area contributed by atoms with Crippen LogP contribution in [-0.2, 0) is 9.84 Å². The van der Waals surface area contributed by atoms with Crippen molar-refractivity contribution in [3.05, 3.63) is 33.3 Å². The smallest absolute Gasteiger partial charge is 0.150 e. The lowest BCUT2D eigenvalue weighted by Gasteiger charge is -2.32. The molecule has 0 aromatic heterocycles. The number of sulfone groups is 1. The fraction of sp³-hybridized carbons (Fsp3) is 0.571. The Morgan fingerprint density at radius 2 is 2.10 bits per heavy atom. The Kier molecular flexibility index (Phi) is 5.16. The second-order valence-electron chi connectivity index (χ2n) is 5.57. The molecule has 0 saturated heterocycles. The zero-order chi connectivity index (χ0) is 14.9. The molecule has 112 valence electrons. The molecule has 20 heavy (non-hydrogen) atoms. The van der Waals surface area contributed by atoms with E-state index in [2.05, 4.69) is 15.9 Å². The van der Waals surface area contributed by atoms with Crippen LogP contribution >= 0.6 is 27.5 Å². The van der Waals surface area contributed by atoms with Gasteiger partial charge in [0, 0.05) is 21.8 Å². The lowest BCUT2D eigenvalue weighted by molar-refractivity contribution is 0.309. The van der Waals surface area contributed by atoms with Gasteiger partial charge in [0.15, 0.2) is 0 Å². The first-order valence-corrected chi connectivity index (χ1v) is 9.81. The lowest BCUT2D eigenvalue weighted by Crippen LogP contribution is -2.33. The topological polar surface area (TPSA) is 60.2 Å². The van der Waals surface area contributed by atoms with E-state index in [1.165, 1.54) is 6.26 Å². The fourth-order valence-corrected chi connectivity index (χ4v) is 4.91. The molecule has 0 heterocycles. The molecular formula is C14H19BrClNO2S. The summed E-state index contributed by atoms with van der Waals surface area (Å²) >= 11 is 9.61. The molecule has 1 fully saturated rings. The summed E-state index contributed by atoms with van der Waals surface area (Å²) < 4.78 is 24.4. The van der Waals surface area contributed by atoms with Gasteiger partial charge in [0.05, 0.1) is 5.25 Å². The van der Waals surface area contributed by atoms with Gasteiger partial charge >= 0.3 is 0 Å². The Bertz CT molecular complexity index is 591. The molecule has 0 spiro atoms. The van der Waals surface area contributed by atoms with Crippen molar-refractivity contribution in [3.63, 3.8) is 0 Å². The van der Waals surface area contributed by atoms with Crippen LogP contribution in [0.5, 0.6) is 0 Å². The molecule has 1 saturated carbocycles. The molecule has 3 atom stereocenters. The number of nitrogens with two attached hydrogens (primary N) is 1. The van der Waals surface area contributed by atoms with E-state index in [-0.39, 0.29) is 17.2 Å². The predicted octanol–water partition coefficient (Wildman–Crippen LogP) is 3.71. The highest BCUT2D eigenvalue weighted by Gasteiger charge is 2.32. The fourth-order valence-electron chi connectivity index (χ4n) is 2.92. The summed E-state index contributed by atoms with van der Waals surface area (Å²) in [4.78, 5) is 0. The quantitative estimate of drug-likeness (QED) is 0.869. The van der Waals surface area contributed by atoms with Gasteiger partial charge in [-0.15, -0.1) is 0 Å². The van der Waals surface area contributed by atoms with Crippen molar-refractivity contribution in [2.45, 2.75) is 37.0 Å². The van der Waals surface area contributed by atoms with Gasteiger partial charge in [0.25, 0.3) is 0 Å². The van der Waals surface area contributed by atoms with Gasteiger partial charge in [-0.2, -0.15) is 0 Å². The normalized spacial score (nSPS) is 25.4. The van der Waals surface area contributed by atoms with E-state index in [1.54, 1.807) is 0 Å². The SMILES string of the molecule is CS(=O)(=O)C1CCCC(C(N)c2ccc(Br)cc2Cl)C1. The molecule has 1 aliphatic carbocycles. The minimum Gasteiger partial charge on any atom is -0.324 e. The maximum Gasteiger partial charge on any atom is 0.150 e. The third-order valence-corrected chi connectivity index (χ3v) is 6.56. The molecule has 1 aromatic rings. The van der Waals surface area contributed by atoms with Gasteiger partial charge < -0.3 is 5.73 Å². The van der Waals surface area contributed by atoms with Crippen LogP contribution < -0.4 is 5.73 Å². The van der Waals surface area contributed by atoms with Gasteiger partial charge in [0.2, 0.25) is 0 Å². The maximum atomic E-state index is 11.7. The summed E-state index contributed by atoms with van der Waals surface area (Å²) in [5.74, 6) is 0.169. The summed E-state index contributed by atoms with van der Waals surface area (Å²) in [7, 11) is -2.99. The molecule has 0 aliphatic heterocycles. The van der Waals surface area contributed by atoms with Crippen molar-refractivity contribution >= 4 is 37.4 Å². The van der Waals surface area contributed by atoms with E-state index < -0.39 is 9.84 Å². The highest BCUT2D eigenvalue weighted by Crippen LogP contribution is 2.38. The predicted molar refractivity (Wildman–Crippen MR) is 86.7 cm³/mol. The van der Waals surface area contributed by atoms with Crippen LogP contribution in [0.2, 0.25) is 5.02 Å². The van der Waals surface area contributed by atoms with Crippen molar-refractivity contribution < 1.29 is 8.42 Å². The second kappa shape index (κ2) is 6.34.